The Balaban J connectivity index is 1.48. The van der Waals surface area contributed by atoms with Crippen molar-refractivity contribution in [2.24, 2.45) is 0 Å². The average Bonchev–Trinajstić information content (AvgIpc) is 3.24. The van der Waals surface area contributed by atoms with Gasteiger partial charge in [-0.1, -0.05) is 17.8 Å². The van der Waals surface area contributed by atoms with E-state index in [4.69, 9.17) is 0 Å². The van der Waals surface area contributed by atoms with Gasteiger partial charge in [0.15, 0.2) is 10.8 Å². The Labute approximate surface area is 158 Å². The Hall–Kier alpha value is -3.20. The van der Waals surface area contributed by atoms with E-state index in [0.717, 1.165) is 11.3 Å². The molecule has 0 bridgehead atoms. The lowest BCUT2D eigenvalue weighted by Gasteiger charge is -2.08. The van der Waals surface area contributed by atoms with Gasteiger partial charge in [0.25, 0.3) is 0 Å². The molecule has 1 N–H and O–H groups in total. The lowest BCUT2D eigenvalue weighted by atomic mass is 10.3. The number of anilines is 1. The fourth-order valence-electron chi connectivity index (χ4n) is 2.59. The van der Waals surface area contributed by atoms with Gasteiger partial charge in [0.1, 0.15) is 11.6 Å². The molecule has 0 atom stereocenters. The molecule has 1 amide bonds. The fourth-order valence-corrected chi connectivity index (χ4v) is 3.32. The molecule has 0 spiro atoms. The van der Waals surface area contributed by atoms with Crippen molar-refractivity contribution >= 4 is 29.1 Å². The van der Waals surface area contributed by atoms with Gasteiger partial charge in [-0.3, -0.25) is 9.20 Å². The summed E-state index contributed by atoms with van der Waals surface area (Å²) < 4.78 is 16.5. The van der Waals surface area contributed by atoms with Crippen LogP contribution in [-0.2, 0) is 4.79 Å². The van der Waals surface area contributed by atoms with Crippen LogP contribution in [0.15, 0.2) is 59.9 Å². The molecule has 9 heteroatoms. The lowest BCUT2D eigenvalue weighted by Crippen LogP contribution is -2.17. The molecule has 0 saturated heterocycles. The first-order valence-corrected chi connectivity index (χ1v) is 9.14. The van der Waals surface area contributed by atoms with Crippen molar-refractivity contribution in [2.45, 2.75) is 12.1 Å². The van der Waals surface area contributed by atoms with Crippen molar-refractivity contribution in [2.75, 3.05) is 11.1 Å². The highest BCUT2D eigenvalue weighted by Crippen LogP contribution is 2.20. The van der Waals surface area contributed by atoms with Crippen molar-refractivity contribution in [3.8, 4) is 5.69 Å². The molecule has 0 fully saturated rings. The number of hydrogen-bond acceptors (Lipinski definition) is 5. The van der Waals surface area contributed by atoms with Crippen LogP contribution in [0.5, 0.6) is 0 Å². The summed E-state index contributed by atoms with van der Waals surface area (Å²) in [6.07, 6.45) is 1.85. The van der Waals surface area contributed by atoms with Gasteiger partial charge in [-0.15, -0.1) is 10.2 Å². The first-order chi connectivity index (χ1) is 13.1. The average molecular weight is 382 g/mol. The number of aromatic nitrogens is 5. The molecular formula is C18H15FN6OS. The quantitative estimate of drug-likeness (QED) is 0.537. The van der Waals surface area contributed by atoms with Gasteiger partial charge < -0.3 is 5.32 Å². The van der Waals surface area contributed by atoms with Crippen LogP contribution in [0.1, 0.15) is 5.69 Å². The number of hydrogen-bond donors (Lipinski definition) is 1. The van der Waals surface area contributed by atoms with E-state index in [0.29, 0.717) is 16.7 Å². The number of halogens is 1. The summed E-state index contributed by atoms with van der Waals surface area (Å²) in [6.45, 7) is 1.83. The maximum Gasteiger partial charge on any atom is 0.236 e. The molecular weight excluding hydrogens is 367 g/mol. The number of carbonyl (C=O) groups is 1. The van der Waals surface area contributed by atoms with E-state index < -0.39 is 0 Å². The predicted molar refractivity (Wildman–Crippen MR) is 101 cm³/mol. The normalized spacial score (nSPS) is 11.0. The Bertz CT molecular complexity index is 1100. The molecule has 3 aromatic heterocycles. The number of thioether (sulfide) groups is 1. The Morgan fingerprint density at radius 3 is 2.81 bits per heavy atom. The Kier molecular flexibility index (Phi) is 4.59. The van der Waals surface area contributed by atoms with Gasteiger partial charge in [0.2, 0.25) is 5.91 Å². The van der Waals surface area contributed by atoms with Crippen LogP contribution < -0.4 is 5.32 Å². The summed E-state index contributed by atoms with van der Waals surface area (Å²) in [6, 6.07) is 13.3. The van der Waals surface area contributed by atoms with Crippen molar-refractivity contribution in [1.29, 1.82) is 0 Å². The fraction of sp³-hybridized carbons (Fsp3) is 0.111. The monoisotopic (exact) mass is 382 g/mol. The Morgan fingerprint density at radius 2 is 2.00 bits per heavy atom. The maximum absolute atomic E-state index is 13.1. The first kappa shape index (κ1) is 17.2. The van der Waals surface area contributed by atoms with E-state index in [1.54, 1.807) is 22.9 Å². The third kappa shape index (κ3) is 3.68. The van der Waals surface area contributed by atoms with E-state index in [9.17, 15) is 9.18 Å². The zero-order valence-electron chi connectivity index (χ0n) is 14.3. The standard InChI is InChI=1S/C18H15FN6OS/c1-12-10-16(25(23-12)14-7-5-13(19)6-8-14)20-17(26)11-27-18-22-21-15-4-2-3-9-24(15)18/h2-10H,11H2,1H3,(H,20,26). The van der Waals surface area contributed by atoms with E-state index in [1.807, 2.05) is 35.7 Å². The van der Waals surface area contributed by atoms with E-state index in [-0.39, 0.29) is 17.5 Å². The second-order valence-corrected chi connectivity index (χ2v) is 6.75. The van der Waals surface area contributed by atoms with Crippen molar-refractivity contribution in [3.63, 3.8) is 0 Å². The highest BCUT2D eigenvalue weighted by molar-refractivity contribution is 7.99. The number of nitrogens with zero attached hydrogens (tertiary/aromatic N) is 5. The highest BCUT2D eigenvalue weighted by atomic mass is 32.2. The van der Waals surface area contributed by atoms with Crippen LogP contribution in [0.25, 0.3) is 11.3 Å². The van der Waals surface area contributed by atoms with Crippen LogP contribution in [0, 0.1) is 12.7 Å². The molecule has 0 aliphatic rings. The SMILES string of the molecule is Cc1cc(NC(=O)CSc2nnc3ccccn23)n(-c2ccc(F)cc2)n1. The van der Waals surface area contributed by atoms with Gasteiger partial charge in [-0.05, 0) is 43.3 Å². The molecule has 4 rings (SSSR count). The maximum atomic E-state index is 13.1. The zero-order valence-corrected chi connectivity index (χ0v) is 15.2. The summed E-state index contributed by atoms with van der Waals surface area (Å²) in [5, 5.41) is 16.0. The number of benzene rings is 1. The second kappa shape index (κ2) is 7.20. The third-order valence-electron chi connectivity index (χ3n) is 3.79. The lowest BCUT2D eigenvalue weighted by molar-refractivity contribution is -0.113. The summed E-state index contributed by atoms with van der Waals surface area (Å²) in [4.78, 5) is 12.4. The van der Waals surface area contributed by atoms with E-state index in [2.05, 4.69) is 20.6 Å². The van der Waals surface area contributed by atoms with Crippen molar-refractivity contribution in [1.82, 2.24) is 24.4 Å². The number of nitrogens with one attached hydrogen (secondary N) is 1. The van der Waals surface area contributed by atoms with Crippen LogP contribution in [-0.4, -0.2) is 36.0 Å². The number of carbonyl (C=O) groups excluding carboxylic acids is 1. The molecule has 0 aliphatic carbocycles. The van der Waals surface area contributed by atoms with Crippen LogP contribution in [0.3, 0.4) is 0 Å². The van der Waals surface area contributed by atoms with Crippen molar-refractivity contribution in [3.05, 3.63) is 66.2 Å². The van der Waals surface area contributed by atoms with Gasteiger partial charge in [0, 0.05) is 12.3 Å². The first-order valence-electron chi connectivity index (χ1n) is 8.15. The van der Waals surface area contributed by atoms with E-state index in [1.165, 1.54) is 23.9 Å². The zero-order chi connectivity index (χ0) is 18.8. The van der Waals surface area contributed by atoms with Gasteiger partial charge in [-0.2, -0.15) is 5.10 Å². The molecule has 1 aromatic carbocycles. The molecule has 4 aromatic rings. The molecule has 0 saturated carbocycles. The van der Waals surface area contributed by atoms with Gasteiger partial charge in [0.05, 0.1) is 17.1 Å². The molecule has 3 heterocycles. The molecule has 27 heavy (non-hydrogen) atoms. The number of aryl methyl sites for hydroxylation is 1. The molecule has 136 valence electrons. The van der Waals surface area contributed by atoms with Gasteiger partial charge in [-0.25, -0.2) is 9.07 Å². The summed E-state index contributed by atoms with van der Waals surface area (Å²) in [5.41, 5.74) is 2.13. The topological polar surface area (TPSA) is 77.1 Å². The smallest absolute Gasteiger partial charge is 0.236 e. The van der Waals surface area contributed by atoms with E-state index >= 15 is 0 Å². The molecule has 7 nitrogen and oxygen atoms in total. The van der Waals surface area contributed by atoms with Crippen molar-refractivity contribution < 1.29 is 9.18 Å². The highest BCUT2D eigenvalue weighted by Gasteiger charge is 2.13. The largest absolute Gasteiger partial charge is 0.310 e. The minimum Gasteiger partial charge on any atom is -0.310 e. The minimum absolute atomic E-state index is 0.170. The molecule has 0 radical (unpaired) electrons. The number of amides is 1. The van der Waals surface area contributed by atoms with Crippen LogP contribution in [0.2, 0.25) is 0 Å². The van der Waals surface area contributed by atoms with Gasteiger partial charge >= 0.3 is 0 Å². The van der Waals surface area contributed by atoms with Crippen LogP contribution in [0.4, 0.5) is 10.2 Å². The molecule has 0 aliphatic heterocycles. The number of rotatable bonds is 5. The number of fused-ring (bicyclic) bond motifs is 1. The van der Waals surface area contributed by atoms with Crippen LogP contribution >= 0.6 is 11.8 Å². The Morgan fingerprint density at radius 1 is 1.19 bits per heavy atom. The summed E-state index contributed by atoms with van der Waals surface area (Å²) in [7, 11) is 0. The second-order valence-electron chi connectivity index (χ2n) is 5.81. The molecule has 0 unspecified atom stereocenters. The number of pyridine rings is 1. The summed E-state index contributed by atoms with van der Waals surface area (Å²) >= 11 is 1.29. The minimum atomic E-state index is -0.329. The predicted octanol–water partition coefficient (Wildman–Crippen LogP) is 3.09. The summed E-state index contributed by atoms with van der Waals surface area (Å²) in [5.74, 6) is 0.167. The third-order valence-corrected chi connectivity index (χ3v) is 4.73.